The lowest BCUT2D eigenvalue weighted by molar-refractivity contribution is -0.384. The highest BCUT2D eigenvalue weighted by Gasteiger charge is 2.13. The lowest BCUT2D eigenvalue weighted by atomic mass is 10.2. The van der Waals surface area contributed by atoms with Gasteiger partial charge in [0.25, 0.3) is 5.69 Å². The van der Waals surface area contributed by atoms with Gasteiger partial charge in [0.1, 0.15) is 5.69 Å². The van der Waals surface area contributed by atoms with Crippen LogP contribution in [0.1, 0.15) is 11.3 Å². The average molecular weight is 246 g/mol. The van der Waals surface area contributed by atoms with Gasteiger partial charge in [-0.3, -0.25) is 14.8 Å². The number of benzene rings is 1. The van der Waals surface area contributed by atoms with Gasteiger partial charge in [-0.1, -0.05) is 6.07 Å². The Morgan fingerprint density at radius 2 is 2.22 bits per heavy atom. The van der Waals surface area contributed by atoms with Crippen molar-refractivity contribution < 1.29 is 4.92 Å². The molecule has 18 heavy (non-hydrogen) atoms. The molecule has 0 aliphatic rings. The number of hydrogen-bond donors (Lipinski definition) is 1. The smallest absolute Gasteiger partial charge is 0.292 e. The Balaban J connectivity index is 2.17. The van der Waals surface area contributed by atoms with Crippen molar-refractivity contribution in [1.29, 1.82) is 0 Å². The van der Waals surface area contributed by atoms with Crippen LogP contribution >= 0.6 is 0 Å². The second-order valence-electron chi connectivity index (χ2n) is 4.11. The van der Waals surface area contributed by atoms with Crippen LogP contribution < -0.4 is 5.32 Å². The van der Waals surface area contributed by atoms with Gasteiger partial charge in [-0.05, 0) is 24.6 Å². The van der Waals surface area contributed by atoms with Gasteiger partial charge in [-0.25, -0.2) is 0 Å². The fourth-order valence-electron chi connectivity index (χ4n) is 1.69. The lowest BCUT2D eigenvalue weighted by Gasteiger charge is -2.06. The van der Waals surface area contributed by atoms with Gasteiger partial charge in [-0.15, -0.1) is 0 Å². The van der Waals surface area contributed by atoms with E-state index in [0.717, 1.165) is 11.3 Å². The van der Waals surface area contributed by atoms with Crippen molar-refractivity contribution in [2.45, 2.75) is 13.5 Å². The zero-order valence-electron chi connectivity index (χ0n) is 10.3. The summed E-state index contributed by atoms with van der Waals surface area (Å²) in [6.07, 6.45) is 1.83. The molecular weight excluding hydrogens is 232 g/mol. The van der Waals surface area contributed by atoms with E-state index >= 15 is 0 Å². The maximum atomic E-state index is 10.9. The summed E-state index contributed by atoms with van der Waals surface area (Å²) in [6.45, 7) is 2.36. The summed E-state index contributed by atoms with van der Waals surface area (Å²) in [4.78, 5) is 10.5. The standard InChI is InChI=1S/C12H14N4O2/c1-9-3-4-12(16(17)18)11(7-9)13-8-10-5-6-15(2)14-10/h3-7,13H,8H2,1-2H3. The van der Waals surface area contributed by atoms with Crippen molar-refractivity contribution in [2.24, 2.45) is 7.05 Å². The first-order valence-corrected chi connectivity index (χ1v) is 5.53. The molecule has 94 valence electrons. The highest BCUT2D eigenvalue weighted by atomic mass is 16.6. The van der Waals surface area contributed by atoms with Gasteiger partial charge in [0.2, 0.25) is 0 Å². The topological polar surface area (TPSA) is 73.0 Å². The molecule has 0 spiro atoms. The van der Waals surface area contributed by atoms with E-state index in [2.05, 4.69) is 10.4 Å². The van der Waals surface area contributed by atoms with E-state index in [1.54, 1.807) is 16.8 Å². The third-order valence-electron chi connectivity index (χ3n) is 2.58. The van der Waals surface area contributed by atoms with Gasteiger partial charge >= 0.3 is 0 Å². The van der Waals surface area contributed by atoms with Crippen molar-refractivity contribution in [3.63, 3.8) is 0 Å². The molecule has 1 aromatic heterocycles. The second kappa shape index (κ2) is 4.87. The van der Waals surface area contributed by atoms with E-state index < -0.39 is 0 Å². The van der Waals surface area contributed by atoms with Crippen LogP contribution in [-0.2, 0) is 13.6 Å². The lowest BCUT2D eigenvalue weighted by Crippen LogP contribution is -2.04. The summed E-state index contributed by atoms with van der Waals surface area (Å²) in [5.41, 5.74) is 2.42. The fourth-order valence-corrected chi connectivity index (χ4v) is 1.69. The van der Waals surface area contributed by atoms with E-state index in [4.69, 9.17) is 0 Å². The minimum absolute atomic E-state index is 0.0801. The summed E-state index contributed by atoms with van der Waals surface area (Å²) in [6, 6.07) is 6.87. The van der Waals surface area contributed by atoms with Crippen molar-refractivity contribution in [3.05, 3.63) is 51.8 Å². The molecule has 2 rings (SSSR count). The number of nitrogens with one attached hydrogen (secondary N) is 1. The Morgan fingerprint density at radius 3 is 2.83 bits per heavy atom. The molecule has 0 radical (unpaired) electrons. The molecule has 1 N–H and O–H groups in total. The number of aromatic nitrogens is 2. The first-order chi connectivity index (χ1) is 8.56. The van der Waals surface area contributed by atoms with Gasteiger partial charge in [-0.2, -0.15) is 5.10 Å². The van der Waals surface area contributed by atoms with Crippen molar-refractivity contribution in [2.75, 3.05) is 5.32 Å². The molecule has 1 aromatic carbocycles. The fraction of sp³-hybridized carbons (Fsp3) is 0.250. The Kier molecular flexibility index (Phi) is 3.27. The van der Waals surface area contributed by atoms with E-state index in [1.165, 1.54) is 6.07 Å². The molecule has 2 aromatic rings. The van der Waals surface area contributed by atoms with Crippen LogP contribution in [0, 0.1) is 17.0 Å². The minimum atomic E-state index is -0.389. The third kappa shape index (κ3) is 2.65. The number of aryl methyl sites for hydroxylation is 2. The van der Waals surface area contributed by atoms with E-state index in [-0.39, 0.29) is 10.6 Å². The molecule has 0 atom stereocenters. The molecule has 0 unspecified atom stereocenters. The van der Waals surface area contributed by atoms with Gasteiger partial charge in [0.05, 0.1) is 17.2 Å². The Hall–Kier alpha value is -2.37. The van der Waals surface area contributed by atoms with Crippen LogP contribution in [0.2, 0.25) is 0 Å². The largest absolute Gasteiger partial charge is 0.374 e. The summed E-state index contributed by atoms with van der Waals surface area (Å²) < 4.78 is 1.70. The van der Waals surface area contributed by atoms with Crippen LogP contribution in [0.5, 0.6) is 0 Å². The number of nitro groups is 1. The molecule has 0 saturated carbocycles. The number of nitro benzene ring substituents is 1. The normalized spacial score (nSPS) is 10.3. The van der Waals surface area contributed by atoms with Crippen LogP contribution in [0.25, 0.3) is 0 Å². The first kappa shape index (κ1) is 12.1. The molecule has 0 fully saturated rings. The maximum Gasteiger partial charge on any atom is 0.292 e. The molecule has 0 amide bonds. The SMILES string of the molecule is Cc1ccc([N+](=O)[O-])c(NCc2ccn(C)n2)c1. The zero-order valence-corrected chi connectivity index (χ0v) is 10.3. The highest BCUT2D eigenvalue weighted by molar-refractivity contribution is 5.62. The summed E-state index contributed by atoms with van der Waals surface area (Å²) in [7, 11) is 1.83. The van der Waals surface area contributed by atoms with E-state index in [9.17, 15) is 10.1 Å². The average Bonchev–Trinajstić information content (AvgIpc) is 2.72. The zero-order chi connectivity index (χ0) is 13.1. The number of anilines is 1. The van der Waals surface area contributed by atoms with Gasteiger partial charge in [0.15, 0.2) is 0 Å². The van der Waals surface area contributed by atoms with Crippen LogP contribution in [0.3, 0.4) is 0 Å². The number of hydrogen-bond acceptors (Lipinski definition) is 4. The van der Waals surface area contributed by atoms with Gasteiger partial charge in [0, 0.05) is 19.3 Å². The molecule has 6 heteroatoms. The molecule has 0 saturated heterocycles. The predicted molar refractivity (Wildman–Crippen MR) is 68.4 cm³/mol. The summed E-state index contributed by atoms with van der Waals surface area (Å²) >= 11 is 0. The molecule has 1 heterocycles. The number of nitrogens with zero attached hydrogens (tertiary/aromatic N) is 3. The second-order valence-corrected chi connectivity index (χ2v) is 4.11. The summed E-state index contributed by atoms with van der Waals surface area (Å²) in [5, 5.41) is 18.1. The van der Waals surface area contributed by atoms with Crippen LogP contribution in [0.4, 0.5) is 11.4 Å². The Morgan fingerprint density at radius 1 is 1.44 bits per heavy atom. The quantitative estimate of drug-likeness (QED) is 0.663. The number of rotatable bonds is 4. The van der Waals surface area contributed by atoms with E-state index in [1.807, 2.05) is 26.2 Å². The molecule has 0 aliphatic carbocycles. The maximum absolute atomic E-state index is 10.9. The monoisotopic (exact) mass is 246 g/mol. The predicted octanol–water partition coefficient (Wildman–Crippen LogP) is 2.25. The van der Waals surface area contributed by atoms with Gasteiger partial charge < -0.3 is 5.32 Å². The van der Waals surface area contributed by atoms with E-state index in [0.29, 0.717) is 12.2 Å². The van der Waals surface area contributed by atoms with Crippen molar-refractivity contribution in [3.8, 4) is 0 Å². The summed E-state index contributed by atoms with van der Waals surface area (Å²) in [5.74, 6) is 0. The molecular formula is C12H14N4O2. The molecule has 6 nitrogen and oxygen atoms in total. The Bertz CT molecular complexity index is 577. The van der Waals surface area contributed by atoms with Crippen LogP contribution in [0.15, 0.2) is 30.5 Å². The highest BCUT2D eigenvalue weighted by Crippen LogP contribution is 2.25. The molecule has 0 aliphatic heterocycles. The van der Waals surface area contributed by atoms with Crippen LogP contribution in [-0.4, -0.2) is 14.7 Å². The first-order valence-electron chi connectivity index (χ1n) is 5.53. The van der Waals surface area contributed by atoms with Crippen molar-refractivity contribution in [1.82, 2.24) is 9.78 Å². The minimum Gasteiger partial charge on any atom is -0.374 e. The molecule has 0 bridgehead atoms. The van der Waals surface area contributed by atoms with Crippen molar-refractivity contribution >= 4 is 11.4 Å². The third-order valence-corrected chi connectivity index (χ3v) is 2.58. The Labute approximate surface area is 104 Å².